The van der Waals surface area contributed by atoms with Crippen LogP contribution in [-0.4, -0.2) is 30.5 Å². The van der Waals surface area contributed by atoms with E-state index in [2.05, 4.69) is 22.9 Å². The van der Waals surface area contributed by atoms with Gasteiger partial charge in [-0.25, -0.2) is 0 Å². The van der Waals surface area contributed by atoms with E-state index < -0.39 is 0 Å². The summed E-state index contributed by atoms with van der Waals surface area (Å²) >= 11 is 0. The molecular formula is C26H37N3O3. The summed E-state index contributed by atoms with van der Waals surface area (Å²) in [6.45, 7) is 8.83. The van der Waals surface area contributed by atoms with Crippen LogP contribution in [0.5, 0.6) is 5.75 Å². The van der Waals surface area contributed by atoms with E-state index in [1.165, 1.54) is 25.7 Å². The van der Waals surface area contributed by atoms with Gasteiger partial charge in [0.2, 0.25) is 5.91 Å². The van der Waals surface area contributed by atoms with Gasteiger partial charge in [0, 0.05) is 22.5 Å². The number of hydrogen-bond acceptors (Lipinski definition) is 4. The van der Waals surface area contributed by atoms with Crippen molar-refractivity contribution >= 4 is 23.2 Å². The lowest BCUT2D eigenvalue weighted by Crippen LogP contribution is -2.40. The fourth-order valence-corrected chi connectivity index (χ4v) is 3.10. The lowest BCUT2D eigenvalue weighted by molar-refractivity contribution is -0.114. The van der Waals surface area contributed by atoms with Crippen LogP contribution in [0.3, 0.4) is 0 Å². The van der Waals surface area contributed by atoms with E-state index in [0.717, 1.165) is 12.2 Å². The molecule has 174 valence electrons. The van der Waals surface area contributed by atoms with Gasteiger partial charge in [-0.1, -0.05) is 38.7 Å². The molecule has 3 N–H and O–H groups in total. The molecule has 0 unspecified atom stereocenters. The Morgan fingerprint density at radius 1 is 0.906 bits per heavy atom. The van der Waals surface area contributed by atoms with Gasteiger partial charge >= 0.3 is 0 Å². The highest BCUT2D eigenvalue weighted by atomic mass is 16.5. The molecule has 2 aromatic rings. The highest BCUT2D eigenvalue weighted by Gasteiger charge is 2.15. The van der Waals surface area contributed by atoms with Crippen molar-refractivity contribution in [3.63, 3.8) is 0 Å². The summed E-state index contributed by atoms with van der Waals surface area (Å²) in [5, 5.41) is 8.86. The van der Waals surface area contributed by atoms with Crippen LogP contribution in [0.2, 0.25) is 0 Å². The first-order valence-corrected chi connectivity index (χ1v) is 11.5. The average Bonchev–Trinajstić information content (AvgIpc) is 2.75. The van der Waals surface area contributed by atoms with Crippen molar-refractivity contribution in [3.05, 3.63) is 54.1 Å². The molecule has 0 saturated carbocycles. The number of unbranched alkanes of at least 4 members (excludes halogenated alkanes) is 4. The van der Waals surface area contributed by atoms with Gasteiger partial charge in [-0.05, 0) is 69.7 Å². The Hall–Kier alpha value is -3.02. The molecule has 2 amide bonds. The standard InChI is InChI=1S/C26H37N3O3/c1-5-6-7-8-9-17-32-23-15-13-21(14-16-23)28-24(30)19-27-22-12-10-11-20(18-22)25(31)29-26(2,3)4/h10-16,18,27H,5-9,17,19H2,1-4H3,(H,28,30)(H,29,31). The van der Waals surface area contributed by atoms with Crippen molar-refractivity contribution in [2.75, 3.05) is 23.8 Å². The van der Waals surface area contributed by atoms with E-state index in [1.807, 2.05) is 51.1 Å². The lowest BCUT2D eigenvalue weighted by Gasteiger charge is -2.20. The van der Waals surface area contributed by atoms with E-state index in [-0.39, 0.29) is 23.9 Å². The minimum Gasteiger partial charge on any atom is -0.494 e. The highest BCUT2D eigenvalue weighted by molar-refractivity contribution is 5.96. The zero-order valence-electron chi connectivity index (χ0n) is 19.8. The van der Waals surface area contributed by atoms with Gasteiger partial charge in [-0.15, -0.1) is 0 Å². The number of nitrogens with one attached hydrogen (secondary N) is 3. The Labute approximate surface area is 192 Å². The summed E-state index contributed by atoms with van der Waals surface area (Å²) < 4.78 is 5.75. The quantitative estimate of drug-likeness (QED) is 0.375. The first-order chi connectivity index (χ1) is 15.3. The molecule has 0 bridgehead atoms. The van der Waals surface area contributed by atoms with Crippen molar-refractivity contribution in [1.82, 2.24) is 5.32 Å². The number of ether oxygens (including phenoxy) is 1. The molecule has 0 spiro atoms. The van der Waals surface area contributed by atoms with Crippen molar-refractivity contribution < 1.29 is 14.3 Å². The number of rotatable bonds is 12. The first kappa shape index (κ1) is 25.2. The van der Waals surface area contributed by atoms with Crippen molar-refractivity contribution in [1.29, 1.82) is 0 Å². The third-order valence-corrected chi connectivity index (χ3v) is 4.72. The van der Waals surface area contributed by atoms with Gasteiger partial charge in [-0.3, -0.25) is 9.59 Å². The van der Waals surface area contributed by atoms with Crippen molar-refractivity contribution in [2.24, 2.45) is 0 Å². The maximum Gasteiger partial charge on any atom is 0.251 e. The smallest absolute Gasteiger partial charge is 0.251 e. The zero-order chi connectivity index (χ0) is 23.4. The number of carbonyl (C=O) groups excluding carboxylic acids is 2. The summed E-state index contributed by atoms with van der Waals surface area (Å²) in [4.78, 5) is 24.6. The van der Waals surface area contributed by atoms with E-state index in [4.69, 9.17) is 4.74 Å². The molecule has 6 nitrogen and oxygen atoms in total. The summed E-state index contributed by atoms with van der Waals surface area (Å²) in [5.74, 6) is 0.495. The zero-order valence-corrected chi connectivity index (χ0v) is 19.8. The SMILES string of the molecule is CCCCCCCOc1ccc(NC(=O)CNc2cccc(C(=O)NC(C)(C)C)c2)cc1. The van der Waals surface area contributed by atoms with Crippen LogP contribution < -0.4 is 20.7 Å². The molecule has 0 aromatic heterocycles. The molecule has 0 heterocycles. The van der Waals surface area contributed by atoms with Crippen LogP contribution in [0.4, 0.5) is 11.4 Å². The van der Waals surface area contributed by atoms with Crippen LogP contribution >= 0.6 is 0 Å². The maximum absolute atomic E-state index is 12.3. The molecule has 0 radical (unpaired) electrons. The monoisotopic (exact) mass is 439 g/mol. The Morgan fingerprint density at radius 3 is 2.31 bits per heavy atom. The Morgan fingerprint density at radius 2 is 1.62 bits per heavy atom. The molecule has 2 rings (SSSR count). The normalized spacial score (nSPS) is 11.0. The minimum absolute atomic E-state index is 0.0976. The second kappa shape index (κ2) is 12.7. The molecule has 0 aliphatic carbocycles. The molecule has 0 fully saturated rings. The predicted molar refractivity (Wildman–Crippen MR) is 131 cm³/mol. The van der Waals surface area contributed by atoms with Crippen LogP contribution in [-0.2, 0) is 4.79 Å². The molecule has 0 aliphatic rings. The van der Waals surface area contributed by atoms with Crippen LogP contribution in [0.1, 0.15) is 70.2 Å². The second-order valence-electron chi connectivity index (χ2n) is 8.97. The van der Waals surface area contributed by atoms with Gasteiger partial charge < -0.3 is 20.7 Å². The van der Waals surface area contributed by atoms with Gasteiger partial charge in [0.25, 0.3) is 5.91 Å². The first-order valence-electron chi connectivity index (χ1n) is 11.5. The lowest BCUT2D eigenvalue weighted by atomic mass is 10.1. The fourth-order valence-electron chi connectivity index (χ4n) is 3.10. The van der Waals surface area contributed by atoms with Crippen LogP contribution in [0, 0.1) is 0 Å². The van der Waals surface area contributed by atoms with E-state index >= 15 is 0 Å². The third-order valence-electron chi connectivity index (χ3n) is 4.72. The van der Waals surface area contributed by atoms with Gasteiger partial charge in [0.15, 0.2) is 0 Å². The minimum atomic E-state index is -0.310. The number of benzene rings is 2. The topological polar surface area (TPSA) is 79.5 Å². The maximum atomic E-state index is 12.3. The predicted octanol–water partition coefficient (Wildman–Crippen LogP) is 5.61. The second-order valence-corrected chi connectivity index (χ2v) is 8.97. The van der Waals surface area contributed by atoms with Crippen LogP contribution in [0.25, 0.3) is 0 Å². The summed E-state index contributed by atoms with van der Waals surface area (Å²) in [5.41, 5.74) is 1.66. The van der Waals surface area contributed by atoms with E-state index in [1.54, 1.807) is 18.2 Å². The number of anilines is 2. The van der Waals surface area contributed by atoms with Crippen molar-refractivity contribution in [3.8, 4) is 5.75 Å². The number of amides is 2. The Balaban J connectivity index is 1.76. The third kappa shape index (κ3) is 9.86. The van der Waals surface area contributed by atoms with Gasteiger partial charge in [0.1, 0.15) is 5.75 Å². The van der Waals surface area contributed by atoms with Crippen molar-refractivity contribution in [2.45, 2.75) is 65.3 Å². The fraction of sp³-hybridized carbons (Fsp3) is 0.462. The molecule has 0 aliphatic heterocycles. The molecule has 0 atom stereocenters. The number of carbonyl (C=O) groups is 2. The molecule has 2 aromatic carbocycles. The molecule has 0 saturated heterocycles. The number of hydrogen-bond donors (Lipinski definition) is 3. The Kier molecular flexibility index (Phi) is 10.1. The summed E-state index contributed by atoms with van der Waals surface area (Å²) in [6.07, 6.45) is 6.03. The molecule has 6 heteroatoms. The highest BCUT2D eigenvalue weighted by Crippen LogP contribution is 2.17. The largest absolute Gasteiger partial charge is 0.494 e. The van der Waals surface area contributed by atoms with Gasteiger partial charge in [0.05, 0.1) is 13.2 Å². The summed E-state index contributed by atoms with van der Waals surface area (Å²) in [6, 6.07) is 14.5. The molecular weight excluding hydrogens is 402 g/mol. The van der Waals surface area contributed by atoms with E-state index in [0.29, 0.717) is 23.5 Å². The van der Waals surface area contributed by atoms with Gasteiger partial charge in [-0.2, -0.15) is 0 Å². The Bertz CT molecular complexity index is 857. The van der Waals surface area contributed by atoms with Crippen LogP contribution in [0.15, 0.2) is 48.5 Å². The summed E-state index contributed by atoms with van der Waals surface area (Å²) in [7, 11) is 0. The average molecular weight is 440 g/mol. The van der Waals surface area contributed by atoms with E-state index in [9.17, 15) is 9.59 Å². The molecule has 32 heavy (non-hydrogen) atoms.